The number of nitrogens with zero attached hydrogens (tertiary/aromatic N) is 3. The van der Waals surface area contributed by atoms with Gasteiger partial charge in [0.15, 0.2) is 0 Å². The molecule has 1 aliphatic heterocycles. The van der Waals surface area contributed by atoms with E-state index in [4.69, 9.17) is 0 Å². The predicted octanol–water partition coefficient (Wildman–Crippen LogP) is 1.78. The van der Waals surface area contributed by atoms with E-state index < -0.39 is 0 Å². The molecular weight excluding hydrogens is 330 g/mol. The molecule has 7 heteroatoms. The van der Waals surface area contributed by atoms with Crippen LogP contribution in [0, 0.1) is 0 Å². The molecule has 3 rings (SSSR count). The first-order chi connectivity index (χ1) is 12.7. The predicted molar refractivity (Wildman–Crippen MR) is 100 cm³/mol. The molecule has 7 nitrogen and oxygen atoms in total. The molecule has 2 amide bonds. The van der Waals surface area contributed by atoms with Gasteiger partial charge in [0.25, 0.3) is 5.91 Å². The summed E-state index contributed by atoms with van der Waals surface area (Å²) in [5, 5.41) is 5.96. The first-order valence-electron chi connectivity index (χ1n) is 8.54. The number of benzene rings is 1. The fraction of sp³-hybridized carbons (Fsp3) is 0.263. The van der Waals surface area contributed by atoms with Crippen LogP contribution in [0.2, 0.25) is 0 Å². The maximum atomic E-state index is 12.3. The maximum absolute atomic E-state index is 12.3. The van der Waals surface area contributed by atoms with Gasteiger partial charge in [-0.3, -0.25) is 14.6 Å². The van der Waals surface area contributed by atoms with Crippen molar-refractivity contribution < 1.29 is 9.59 Å². The van der Waals surface area contributed by atoms with Crippen LogP contribution in [0.1, 0.15) is 22.3 Å². The summed E-state index contributed by atoms with van der Waals surface area (Å²) < 4.78 is 0. The van der Waals surface area contributed by atoms with Gasteiger partial charge in [-0.15, -0.1) is 0 Å². The molecule has 0 fully saturated rings. The Hall–Kier alpha value is -3.22. The van der Waals surface area contributed by atoms with Gasteiger partial charge in [-0.2, -0.15) is 0 Å². The van der Waals surface area contributed by atoms with E-state index in [0.29, 0.717) is 31.0 Å². The number of aromatic nitrogens is 2. The van der Waals surface area contributed by atoms with Crippen molar-refractivity contribution in [2.45, 2.75) is 12.8 Å². The van der Waals surface area contributed by atoms with Gasteiger partial charge in [-0.1, -0.05) is 6.58 Å². The van der Waals surface area contributed by atoms with E-state index >= 15 is 0 Å². The Kier molecular flexibility index (Phi) is 5.58. The van der Waals surface area contributed by atoms with Gasteiger partial charge in [0.2, 0.25) is 5.91 Å². The molecule has 0 atom stereocenters. The third-order valence-corrected chi connectivity index (χ3v) is 4.18. The lowest BCUT2D eigenvalue weighted by atomic mass is 9.98. The zero-order chi connectivity index (χ0) is 18.4. The van der Waals surface area contributed by atoms with Crippen molar-refractivity contribution in [1.82, 2.24) is 15.3 Å². The highest BCUT2D eigenvalue weighted by molar-refractivity contribution is 6.02. The quantitative estimate of drug-likeness (QED) is 0.612. The third kappa shape index (κ3) is 4.05. The van der Waals surface area contributed by atoms with E-state index in [9.17, 15) is 9.59 Å². The molecule has 0 unspecified atom stereocenters. The number of carbonyl (C=O) groups is 2. The number of fused-ring (bicyclic) bond motifs is 1. The lowest BCUT2D eigenvalue weighted by Gasteiger charge is -2.28. The molecule has 1 aromatic carbocycles. The topological polar surface area (TPSA) is 87.2 Å². The Morgan fingerprint density at radius 2 is 2.15 bits per heavy atom. The Morgan fingerprint density at radius 1 is 1.27 bits per heavy atom. The van der Waals surface area contributed by atoms with Crippen LogP contribution in [0.15, 0.2) is 49.4 Å². The minimum atomic E-state index is -0.138. The van der Waals surface area contributed by atoms with Crippen molar-refractivity contribution >= 4 is 23.3 Å². The van der Waals surface area contributed by atoms with Gasteiger partial charge >= 0.3 is 0 Å². The van der Waals surface area contributed by atoms with Crippen molar-refractivity contribution in [3.8, 4) is 0 Å². The van der Waals surface area contributed by atoms with Gasteiger partial charge in [0, 0.05) is 43.3 Å². The number of anilines is 2. The molecule has 2 N–H and O–H groups in total. The van der Waals surface area contributed by atoms with E-state index in [-0.39, 0.29) is 11.8 Å². The van der Waals surface area contributed by atoms with Crippen LogP contribution in [0.3, 0.4) is 0 Å². The molecule has 1 aliphatic rings. The zero-order valence-electron chi connectivity index (χ0n) is 14.4. The molecule has 26 heavy (non-hydrogen) atoms. The SMILES string of the molecule is C=CC(=O)N1CCCc2cc(C(=O)NCCNc3cnccn3)ccc21. The van der Waals surface area contributed by atoms with Crippen LogP contribution in [0.25, 0.3) is 0 Å². The van der Waals surface area contributed by atoms with Gasteiger partial charge < -0.3 is 15.5 Å². The van der Waals surface area contributed by atoms with Crippen LogP contribution in [0.5, 0.6) is 0 Å². The second kappa shape index (κ2) is 8.24. The summed E-state index contributed by atoms with van der Waals surface area (Å²) in [6, 6.07) is 5.45. The summed E-state index contributed by atoms with van der Waals surface area (Å²) in [5.74, 6) is 0.418. The van der Waals surface area contributed by atoms with Crippen molar-refractivity contribution in [3.05, 3.63) is 60.6 Å². The highest BCUT2D eigenvalue weighted by atomic mass is 16.2. The first kappa shape index (κ1) is 17.6. The van der Waals surface area contributed by atoms with Gasteiger partial charge in [0.1, 0.15) is 5.82 Å². The second-order valence-electron chi connectivity index (χ2n) is 5.91. The summed E-state index contributed by atoms with van der Waals surface area (Å²) in [6.07, 6.45) is 7.88. The molecule has 2 aromatic rings. The summed E-state index contributed by atoms with van der Waals surface area (Å²) in [5.41, 5.74) is 2.47. The Labute approximate surface area is 152 Å². The molecule has 0 radical (unpaired) electrons. The summed E-state index contributed by atoms with van der Waals surface area (Å²) >= 11 is 0. The molecule has 0 aliphatic carbocycles. The molecule has 0 saturated heterocycles. The minimum absolute atomic E-state index is 0.113. The van der Waals surface area contributed by atoms with E-state index in [1.54, 1.807) is 29.6 Å². The lowest BCUT2D eigenvalue weighted by Crippen LogP contribution is -2.34. The summed E-state index contributed by atoms with van der Waals surface area (Å²) in [6.45, 7) is 5.25. The van der Waals surface area contributed by atoms with Crippen molar-refractivity contribution in [2.75, 3.05) is 29.9 Å². The number of rotatable bonds is 6. The Bertz CT molecular complexity index is 807. The monoisotopic (exact) mass is 351 g/mol. The molecule has 2 heterocycles. The fourth-order valence-corrected chi connectivity index (χ4v) is 2.94. The smallest absolute Gasteiger partial charge is 0.251 e. The minimum Gasteiger partial charge on any atom is -0.367 e. The van der Waals surface area contributed by atoms with E-state index in [1.807, 2.05) is 12.1 Å². The summed E-state index contributed by atoms with van der Waals surface area (Å²) in [4.78, 5) is 34.1. The van der Waals surface area contributed by atoms with E-state index in [2.05, 4.69) is 27.2 Å². The van der Waals surface area contributed by atoms with E-state index in [0.717, 1.165) is 24.1 Å². The zero-order valence-corrected chi connectivity index (χ0v) is 14.4. The molecule has 0 bridgehead atoms. The molecule has 134 valence electrons. The summed E-state index contributed by atoms with van der Waals surface area (Å²) in [7, 11) is 0. The van der Waals surface area contributed by atoms with Crippen LogP contribution < -0.4 is 15.5 Å². The van der Waals surface area contributed by atoms with Crippen molar-refractivity contribution in [3.63, 3.8) is 0 Å². The third-order valence-electron chi connectivity index (χ3n) is 4.18. The molecule has 1 aromatic heterocycles. The number of nitrogens with one attached hydrogen (secondary N) is 2. The van der Waals surface area contributed by atoms with Crippen LogP contribution in [-0.2, 0) is 11.2 Å². The average Bonchev–Trinajstić information content (AvgIpc) is 2.70. The number of aryl methyl sites for hydroxylation is 1. The first-order valence-corrected chi connectivity index (χ1v) is 8.54. The Morgan fingerprint density at radius 3 is 2.92 bits per heavy atom. The van der Waals surface area contributed by atoms with E-state index in [1.165, 1.54) is 6.08 Å². The molecular formula is C19H21N5O2. The van der Waals surface area contributed by atoms with Crippen LogP contribution in [-0.4, -0.2) is 41.4 Å². The van der Waals surface area contributed by atoms with Crippen molar-refractivity contribution in [1.29, 1.82) is 0 Å². The second-order valence-corrected chi connectivity index (χ2v) is 5.91. The van der Waals surface area contributed by atoms with Crippen LogP contribution in [0.4, 0.5) is 11.5 Å². The maximum Gasteiger partial charge on any atom is 0.251 e. The van der Waals surface area contributed by atoms with Crippen molar-refractivity contribution in [2.24, 2.45) is 0 Å². The number of carbonyl (C=O) groups excluding carboxylic acids is 2. The lowest BCUT2D eigenvalue weighted by molar-refractivity contribution is -0.114. The largest absolute Gasteiger partial charge is 0.367 e. The average molecular weight is 351 g/mol. The van der Waals surface area contributed by atoms with Gasteiger partial charge in [0.05, 0.1) is 6.20 Å². The normalized spacial score (nSPS) is 12.8. The molecule has 0 spiro atoms. The van der Waals surface area contributed by atoms with Gasteiger partial charge in [-0.25, -0.2) is 4.98 Å². The highest BCUT2D eigenvalue weighted by Gasteiger charge is 2.21. The highest BCUT2D eigenvalue weighted by Crippen LogP contribution is 2.28. The Balaban J connectivity index is 1.58. The number of amides is 2. The fourth-order valence-electron chi connectivity index (χ4n) is 2.94. The number of hydrogen-bond donors (Lipinski definition) is 2. The number of hydrogen-bond acceptors (Lipinski definition) is 5. The van der Waals surface area contributed by atoms with Crippen LogP contribution >= 0.6 is 0 Å². The standard InChI is InChI=1S/C19H21N5O2/c1-2-18(25)24-11-3-4-14-12-15(5-6-16(14)24)19(26)23-10-9-22-17-13-20-7-8-21-17/h2,5-8,12-13H,1,3-4,9-11H2,(H,21,22)(H,23,26). The van der Waals surface area contributed by atoms with Gasteiger partial charge in [-0.05, 0) is 42.7 Å². The molecule has 0 saturated carbocycles.